The van der Waals surface area contributed by atoms with Crippen molar-refractivity contribution in [2.24, 2.45) is 17.4 Å². The zero-order chi connectivity index (χ0) is 39.1. The lowest BCUT2D eigenvalue weighted by atomic mass is 10.0. The van der Waals surface area contributed by atoms with Gasteiger partial charge in [0.05, 0.1) is 0 Å². The third-order valence-corrected chi connectivity index (χ3v) is 8.36. The van der Waals surface area contributed by atoms with Crippen molar-refractivity contribution < 1.29 is 43.4 Å². The van der Waals surface area contributed by atoms with Gasteiger partial charge < -0.3 is 47.6 Å². The molecule has 10 N–H and O–H groups in total. The number of hydrogen-bond donors (Lipinski definition) is 8. The van der Waals surface area contributed by atoms with Crippen LogP contribution in [0, 0.1) is 5.92 Å². The van der Waals surface area contributed by atoms with E-state index >= 15 is 0 Å². The van der Waals surface area contributed by atoms with Crippen molar-refractivity contribution in [1.29, 1.82) is 0 Å². The average Bonchev–Trinajstić information content (AvgIpc) is 3.50. The Morgan fingerprint density at radius 3 is 2.23 bits per heavy atom. The van der Waals surface area contributed by atoms with E-state index in [1.165, 1.54) is 7.05 Å². The molecule has 0 radical (unpaired) electrons. The summed E-state index contributed by atoms with van der Waals surface area (Å²) in [6.45, 7) is 3.53. The number of urea groups is 1. The van der Waals surface area contributed by atoms with Crippen LogP contribution in [0.2, 0.25) is 0 Å². The number of aromatic amines is 1. The number of likely N-dealkylation sites (N-methyl/N-ethyl adjacent to an activating group) is 1. The second-order valence-electron chi connectivity index (χ2n) is 12.9. The molecule has 0 bridgehead atoms. The number of fused-ring (bicyclic) bond motifs is 1. The summed E-state index contributed by atoms with van der Waals surface area (Å²) >= 11 is 0. The van der Waals surface area contributed by atoms with E-state index < -0.39 is 59.8 Å². The summed E-state index contributed by atoms with van der Waals surface area (Å²) in [7, 11) is 1.43. The predicted molar refractivity (Wildman–Crippen MR) is 195 cm³/mol. The molecule has 0 aliphatic heterocycles. The molecule has 17 nitrogen and oxygen atoms in total. The number of benzene rings is 2. The standard InChI is InChI=1S/C36H48N8O9/c1-21(2)31(32(37)48)44(3)36(52)53-20-22-13-15-24(16-14-22)41-33(49)27(10-7-17-39-35(38)51)43-34(50)28(42-29(45)11-6-12-30(46)47)18-23-19-40-26-9-5-4-8-25(23)26/h4-5,8-9,13-16,19,21,27-28,31,40H,6-7,10-12,17-18,20H2,1-3H3,(H2,37,48)(H,41,49)(H,42,45)(H,43,50)(H,46,47)(H3,38,39,51)/t27-,28+,31-/m0/s1. The number of hydrogen-bond acceptors (Lipinski definition) is 8. The molecule has 3 aromatic rings. The van der Waals surface area contributed by atoms with Crippen LogP contribution in [0.15, 0.2) is 54.7 Å². The number of carbonyl (C=O) groups is 7. The number of carboxylic acid groups (broad SMARTS) is 1. The van der Waals surface area contributed by atoms with Gasteiger partial charge in [-0.05, 0) is 54.5 Å². The minimum atomic E-state index is -1.12. The van der Waals surface area contributed by atoms with Crippen molar-refractivity contribution in [2.75, 3.05) is 18.9 Å². The summed E-state index contributed by atoms with van der Waals surface area (Å²) in [6.07, 6.45) is 1.17. The Hall–Kier alpha value is -6.13. The number of nitrogens with two attached hydrogens (primary N) is 2. The summed E-state index contributed by atoms with van der Waals surface area (Å²) < 4.78 is 5.34. The van der Waals surface area contributed by atoms with E-state index in [1.807, 2.05) is 24.3 Å². The van der Waals surface area contributed by atoms with Crippen molar-refractivity contribution in [3.05, 3.63) is 65.9 Å². The van der Waals surface area contributed by atoms with Gasteiger partial charge in [-0.25, -0.2) is 9.59 Å². The molecule has 0 unspecified atom stereocenters. The van der Waals surface area contributed by atoms with Crippen LogP contribution in [0.3, 0.4) is 0 Å². The molecule has 7 amide bonds. The Kier molecular flexibility index (Phi) is 15.6. The molecular formula is C36H48N8O9. The lowest BCUT2D eigenvalue weighted by molar-refractivity contribution is -0.137. The summed E-state index contributed by atoms with van der Waals surface area (Å²) in [4.78, 5) is 91.0. The number of ether oxygens (including phenoxy) is 1. The van der Waals surface area contributed by atoms with Crippen LogP contribution in [0.25, 0.3) is 10.9 Å². The Labute approximate surface area is 306 Å². The monoisotopic (exact) mass is 736 g/mol. The normalized spacial score (nSPS) is 12.6. The number of anilines is 1. The molecule has 286 valence electrons. The molecule has 1 aromatic heterocycles. The van der Waals surface area contributed by atoms with Gasteiger partial charge in [0.15, 0.2) is 0 Å². The smallest absolute Gasteiger partial charge is 0.410 e. The van der Waals surface area contributed by atoms with E-state index in [4.69, 9.17) is 21.3 Å². The zero-order valence-corrected chi connectivity index (χ0v) is 30.0. The molecule has 17 heteroatoms. The molecule has 0 spiro atoms. The van der Waals surface area contributed by atoms with Crippen LogP contribution >= 0.6 is 0 Å². The first kappa shape index (κ1) is 41.3. The number of para-hydroxylation sites is 1. The minimum absolute atomic E-state index is 0.0700. The van der Waals surface area contributed by atoms with Crippen LogP contribution in [0.5, 0.6) is 0 Å². The third-order valence-electron chi connectivity index (χ3n) is 8.36. The summed E-state index contributed by atoms with van der Waals surface area (Å²) in [5.74, 6) is -3.68. The molecule has 0 aliphatic rings. The van der Waals surface area contributed by atoms with Crippen LogP contribution in [0.1, 0.15) is 57.1 Å². The number of amides is 7. The van der Waals surface area contributed by atoms with Gasteiger partial charge in [0.2, 0.25) is 23.6 Å². The number of aromatic nitrogens is 1. The van der Waals surface area contributed by atoms with Gasteiger partial charge in [0, 0.05) is 55.6 Å². The van der Waals surface area contributed by atoms with Crippen LogP contribution in [0.4, 0.5) is 15.3 Å². The van der Waals surface area contributed by atoms with E-state index in [0.717, 1.165) is 21.4 Å². The fraction of sp³-hybridized carbons (Fsp3) is 0.417. The largest absolute Gasteiger partial charge is 0.481 e. The van der Waals surface area contributed by atoms with Crippen molar-refractivity contribution in [2.45, 2.75) is 77.1 Å². The summed E-state index contributed by atoms with van der Waals surface area (Å²) in [5.41, 5.74) is 13.1. The van der Waals surface area contributed by atoms with E-state index in [9.17, 15) is 33.6 Å². The number of nitrogens with zero attached hydrogens (tertiary/aromatic N) is 1. The maximum Gasteiger partial charge on any atom is 0.410 e. The van der Waals surface area contributed by atoms with E-state index in [1.54, 1.807) is 44.3 Å². The zero-order valence-electron chi connectivity index (χ0n) is 30.0. The topological polar surface area (TPSA) is 268 Å². The highest BCUT2D eigenvalue weighted by Gasteiger charge is 2.30. The number of primary amides is 2. The van der Waals surface area contributed by atoms with E-state index in [-0.39, 0.29) is 57.6 Å². The SMILES string of the molecule is CC(C)[C@@H](C(N)=O)N(C)C(=O)OCc1ccc(NC(=O)[C@H](CCCNC(N)=O)NC(=O)[C@@H](Cc2c[nH]c3ccccc23)NC(=O)CCCC(=O)O)cc1. The number of carboxylic acids is 1. The van der Waals surface area contributed by atoms with Crippen molar-refractivity contribution in [3.63, 3.8) is 0 Å². The number of H-pyrrole nitrogens is 1. The fourth-order valence-corrected chi connectivity index (χ4v) is 5.70. The van der Waals surface area contributed by atoms with Gasteiger partial charge in [-0.15, -0.1) is 0 Å². The van der Waals surface area contributed by atoms with Gasteiger partial charge in [-0.1, -0.05) is 44.2 Å². The van der Waals surface area contributed by atoms with Crippen LogP contribution < -0.4 is 32.7 Å². The van der Waals surface area contributed by atoms with E-state index in [0.29, 0.717) is 11.3 Å². The predicted octanol–water partition coefficient (Wildman–Crippen LogP) is 2.10. The average molecular weight is 737 g/mol. The van der Waals surface area contributed by atoms with Crippen molar-refractivity contribution >= 4 is 58.3 Å². The molecule has 3 atom stereocenters. The Morgan fingerprint density at radius 1 is 0.887 bits per heavy atom. The van der Waals surface area contributed by atoms with E-state index in [2.05, 4.69) is 26.3 Å². The number of rotatable bonds is 20. The lowest BCUT2D eigenvalue weighted by Gasteiger charge is -2.27. The number of carbonyl (C=O) groups excluding carboxylic acids is 6. The second kappa shape index (κ2) is 20.0. The first-order valence-electron chi connectivity index (χ1n) is 17.1. The first-order valence-corrected chi connectivity index (χ1v) is 17.1. The minimum Gasteiger partial charge on any atom is -0.481 e. The van der Waals surface area contributed by atoms with Crippen molar-refractivity contribution in [1.82, 2.24) is 25.8 Å². The third kappa shape index (κ3) is 13.2. The molecule has 0 saturated heterocycles. The summed E-state index contributed by atoms with van der Waals surface area (Å²) in [5, 5.41) is 20.4. The second-order valence-corrected chi connectivity index (χ2v) is 12.9. The lowest BCUT2D eigenvalue weighted by Crippen LogP contribution is -2.53. The highest BCUT2D eigenvalue weighted by molar-refractivity contribution is 5.98. The van der Waals surface area contributed by atoms with Gasteiger partial charge in [-0.3, -0.25) is 28.9 Å². The molecule has 2 aromatic carbocycles. The molecule has 53 heavy (non-hydrogen) atoms. The maximum atomic E-state index is 13.8. The van der Waals surface area contributed by atoms with Gasteiger partial charge >= 0.3 is 18.1 Å². The Morgan fingerprint density at radius 2 is 1.58 bits per heavy atom. The van der Waals surface area contributed by atoms with Gasteiger partial charge in [-0.2, -0.15) is 0 Å². The Balaban J connectivity index is 1.73. The van der Waals surface area contributed by atoms with Gasteiger partial charge in [0.25, 0.3) is 0 Å². The highest BCUT2D eigenvalue weighted by Crippen LogP contribution is 2.20. The summed E-state index contributed by atoms with van der Waals surface area (Å²) in [6, 6.07) is 10.0. The molecule has 3 rings (SSSR count). The fourth-order valence-electron chi connectivity index (χ4n) is 5.70. The van der Waals surface area contributed by atoms with Crippen LogP contribution in [-0.2, 0) is 41.7 Å². The number of nitrogens with one attached hydrogen (secondary N) is 5. The highest BCUT2D eigenvalue weighted by atomic mass is 16.6. The molecule has 0 aliphatic carbocycles. The quantitative estimate of drug-likeness (QED) is 0.0788. The molecule has 0 saturated carbocycles. The first-order chi connectivity index (χ1) is 25.2. The molecule has 0 fully saturated rings. The number of aliphatic carboxylic acids is 1. The molecular weight excluding hydrogens is 688 g/mol. The Bertz CT molecular complexity index is 1760. The van der Waals surface area contributed by atoms with Gasteiger partial charge in [0.1, 0.15) is 24.7 Å². The maximum absolute atomic E-state index is 13.8. The molecule has 1 heterocycles. The van der Waals surface area contributed by atoms with Crippen molar-refractivity contribution in [3.8, 4) is 0 Å². The van der Waals surface area contributed by atoms with Crippen LogP contribution in [-0.4, -0.2) is 88.4 Å².